The van der Waals surface area contributed by atoms with Crippen LogP contribution in [0.15, 0.2) is 30.3 Å². The predicted molar refractivity (Wildman–Crippen MR) is 75.3 cm³/mol. The Morgan fingerprint density at radius 1 is 1.11 bits per heavy atom. The fourth-order valence-corrected chi connectivity index (χ4v) is 3.91. The van der Waals surface area contributed by atoms with Crippen molar-refractivity contribution in [1.82, 2.24) is 0 Å². The zero-order valence-electron chi connectivity index (χ0n) is 11.2. The molecule has 1 aliphatic carbocycles. The Balaban J connectivity index is 1.90. The lowest BCUT2D eigenvalue weighted by molar-refractivity contribution is -0.141. The minimum absolute atomic E-state index is 0.332. The molecular weight excluding hydrogens is 238 g/mol. The van der Waals surface area contributed by atoms with Crippen molar-refractivity contribution in [2.75, 3.05) is 11.4 Å². The van der Waals surface area contributed by atoms with Crippen molar-refractivity contribution in [2.24, 2.45) is 11.8 Å². The van der Waals surface area contributed by atoms with Crippen molar-refractivity contribution in [3.63, 3.8) is 0 Å². The Morgan fingerprint density at radius 3 is 2.58 bits per heavy atom. The van der Waals surface area contributed by atoms with Crippen LogP contribution in [0.3, 0.4) is 0 Å². The van der Waals surface area contributed by atoms with Gasteiger partial charge in [0, 0.05) is 12.2 Å². The van der Waals surface area contributed by atoms with Crippen LogP contribution < -0.4 is 4.90 Å². The molecule has 0 amide bonds. The van der Waals surface area contributed by atoms with Crippen molar-refractivity contribution in [3.05, 3.63) is 30.3 Å². The number of anilines is 1. The molecule has 102 valence electrons. The van der Waals surface area contributed by atoms with Crippen LogP contribution in [0, 0.1) is 11.8 Å². The summed E-state index contributed by atoms with van der Waals surface area (Å²) in [5.41, 5.74) is 1.05. The number of aliphatic carboxylic acids is 1. The average molecular weight is 259 g/mol. The normalized spacial score (nSPS) is 30.7. The van der Waals surface area contributed by atoms with E-state index in [1.807, 2.05) is 30.3 Å². The number of fused-ring (bicyclic) bond motifs is 1. The molecule has 1 saturated heterocycles. The van der Waals surface area contributed by atoms with Gasteiger partial charge in [-0.2, -0.15) is 0 Å². The minimum Gasteiger partial charge on any atom is -0.480 e. The average Bonchev–Trinajstić information content (AvgIpc) is 2.46. The maximum Gasteiger partial charge on any atom is 0.326 e. The quantitative estimate of drug-likeness (QED) is 0.887. The number of nitrogens with zero attached hydrogens (tertiary/aromatic N) is 1. The van der Waals surface area contributed by atoms with Crippen LogP contribution in [0.4, 0.5) is 5.69 Å². The van der Waals surface area contributed by atoms with E-state index in [1.165, 1.54) is 19.3 Å². The molecule has 1 heterocycles. The number of para-hydroxylation sites is 1. The van der Waals surface area contributed by atoms with Crippen LogP contribution in [0.1, 0.15) is 32.1 Å². The predicted octanol–water partition coefficient (Wildman–Crippen LogP) is 3.16. The lowest BCUT2D eigenvalue weighted by Crippen LogP contribution is -2.54. The van der Waals surface area contributed by atoms with Gasteiger partial charge in [-0.3, -0.25) is 0 Å². The van der Waals surface area contributed by atoms with E-state index < -0.39 is 5.97 Å². The molecule has 1 aromatic carbocycles. The van der Waals surface area contributed by atoms with Gasteiger partial charge in [0.25, 0.3) is 0 Å². The highest BCUT2D eigenvalue weighted by atomic mass is 16.4. The van der Waals surface area contributed by atoms with Gasteiger partial charge in [-0.15, -0.1) is 0 Å². The number of benzene rings is 1. The summed E-state index contributed by atoms with van der Waals surface area (Å²) in [6.07, 6.45) is 5.90. The van der Waals surface area contributed by atoms with Gasteiger partial charge in [-0.25, -0.2) is 4.79 Å². The number of carbonyl (C=O) groups is 1. The molecule has 3 nitrogen and oxygen atoms in total. The van der Waals surface area contributed by atoms with Gasteiger partial charge in [-0.05, 0) is 36.8 Å². The van der Waals surface area contributed by atoms with E-state index >= 15 is 0 Å². The largest absolute Gasteiger partial charge is 0.480 e. The van der Waals surface area contributed by atoms with Crippen LogP contribution in [0.5, 0.6) is 0 Å². The molecule has 1 N–H and O–H groups in total. The Hall–Kier alpha value is -1.51. The highest BCUT2D eigenvalue weighted by Crippen LogP contribution is 2.41. The summed E-state index contributed by atoms with van der Waals surface area (Å²) >= 11 is 0. The summed E-state index contributed by atoms with van der Waals surface area (Å²) < 4.78 is 0. The Bertz CT molecular complexity index is 445. The molecule has 0 aromatic heterocycles. The second kappa shape index (κ2) is 5.24. The van der Waals surface area contributed by atoms with Crippen LogP contribution in [-0.2, 0) is 4.79 Å². The second-order valence-corrected chi connectivity index (χ2v) is 5.81. The fraction of sp³-hybridized carbons (Fsp3) is 0.562. The van der Waals surface area contributed by atoms with Gasteiger partial charge in [0.1, 0.15) is 6.04 Å². The van der Waals surface area contributed by atoms with Crippen molar-refractivity contribution in [3.8, 4) is 0 Å². The first kappa shape index (κ1) is 12.5. The van der Waals surface area contributed by atoms with Gasteiger partial charge < -0.3 is 10.0 Å². The highest BCUT2D eigenvalue weighted by molar-refractivity contribution is 5.79. The molecule has 1 aromatic rings. The number of carboxylic acids is 1. The molecule has 0 radical (unpaired) electrons. The van der Waals surface area contributed by atoms with E-state index in [4.69, 9.17) is 0 Å². The third-order valence-electron chi connectivity index (χ3n) is 4.79. The number of hydrogen-bond acceptors (Lipinski definition) is 2. The standard InChI is InChI=1S/C16H21NO2/c18-16(19)15-14-9-5-4-6-12(14)10-11-17(15)13-7-2-1-3-8-13/h1-3,7-8,12,14-15H,4-6,9-11H2,(H,18,19). The lowest BCUT2D eigenvalue weighted by atomic mass is 9.71. The SMILES string of the molecule is O=C(O)C1C2CCCCC2CCN1c1ccccc1. The third-order valence-corrected chi connectivity index (χ3v) is 4.79. The molecule has 3 unspecified atom stereocenters. The fourth-order valence-electron chi connectivity index (χ4n) is 3.91. The van der Waals surface area contributed by atoms with E-state index in [2.05, 4.69) is 4.90 Å². The number of hydrogen-bond donors (Lipinski definition) is 1. The first-order valence-corrected chi connectivity index (χ1v) is 7.32. The van der Waals surface area contributed by atoms with Crippen LogP contribution >= 0.6 is 0 Å². The monoisotopic (exact) mass is 259 g/mol. The first-order chi connectivity index (χ1) is 9.27. The molecule has 2 fully saturated rings. The van der Waals surface area contributed by atoms with Crippen molar-refractivity contribution < 1.29 is 9.90 Å². The Morgan fingerprint density at radius 2 is 1.84 bits per heavy atom. The summed E-state index contributed by atoms with van der Waals surface area (Å²) in [5.74, 6) is 0.301. The number of piperidine rings is 1. The number of carboxylic acid groups (broad SMARTS) is 1. The zero-order valence-corrected chi connectivity index (χ0v) is 11.2. The van der Waals surface area contributed by atoms with Gasteiger partial charge in [0.15, 0.2) is 0 Å². The summed E-state index contributed by atoms with van der Waals surface area (Å²) in [4.78, 5) is 13.9. The summed E-state index contributed by atoms with van der Waals surface area (Å²) in [6, 6.07) is 9.68. The van der Waals surface area contributed by atoms with Crippen LogP contribution in [0.25, 0.3) is 0 Å². The van der Waals surface area contributed by atoms with Crippen LogP contribution in [0.2, 0.25) is 0 Å². The van der Waals surface area contributed by atoms with E-state index in [0.29, 0.717) is 11.8 Å². The molecule has 3 rings (SSSR count). The number of rotatable bonds is 2. The van der Waals surface area contributed by atoms with E-state index in [9.17, 15) is 9.90 Å². The molecule has 1 aliphatic heterocycles. The molecule has 1 saturated carbocycles. The molecule has 0 spiro atoms. The molecule has 0 bridgehead atoms. The Labute approximate surface area is 114 Å². The summed E-state index contributed by atoms with van der Waals surface area (Å²) in [7, 11) is 0. The third kappa shape index (κ3) is 2.34. The van der Waals surface area contributed by atoms with E-state index in [0.717, 1.165) is 25.1 Å². The van der Waals surface area contributed by atoms with Crippen molar-refractivity contribution in [2.45, 2.75) is 38.1 Å². The zero-order chi connectivity index (χ0) is 13.2. The lowest BCUT2D eigenvalue weighted by Gasteiger charge is -2.46. The maximum atomic E-state index is 11.8. The molecule has 19 heavy (non-hydrogen) atoms. The molecule has 2 aliphatic rings. The van der Waals surface area contributed by atoms with Crippen molar-refractivity contribution in [1.29, 1.82) is 0 Å². The molecule has 3 atom stereocenters. The highest BCUT2D eigenvalue weighted by Gasteiger charge is 2.43. The van der Waals surface area contributed by atoms with Gasteiger partial charge >= 0.3 is 5.97 Å². The molecule has 3 heteroatoms. The molecular formula is C16H21NO2. The maximum absolute atomic E-state index is 11.8. The van der Waals surface area contributed by atoms with E-state index in [-0.39, 0.29) is 6.04 Å². The first-order valence-electron chi connectivity index (χ1n) is 7.32. The second-order valence-electron chi connectivity index (χ2n) is 5.81. The van der Waals surface area contributed by atoms with Crippen molar-refractivity contribution >= 4 is 11.7 Å². The van der Waals surface area contributed by atoms with Crippen LogP contribution in [-0.4, -0.2) is 23.7 Å². The smallest absolute Gasteiger partial charge is 0.326 e. The minimum atomic E-state index is -0.652. The van der Waals surface area contributed by atoms with Gasteiger partial charge in [0.2, 0.25) is 0 Å². The van der Waals surface area contributed by atoms with Gasteiger partial charge in [0.05, 0.1) is 0 Å². The summed E-state index contributed by atoms with van der Waals surface area (Å²) in [5, 5.41) is 9.67. The van der Waals surface area contributed by atoms with E-state index in [1.54, 1.807) is 0 Å². The van der Waals surface area contributed by atoms with Gasteiger partial charge in [-0.1, -0.05) is 37.5 Å². The summed E-state index contributed by atoms with van der Waals surface area (Å²) in [6.45, 7) is 0.877. The topological polar surface area (TPSA) is 40.5 Å². The Kier molecular flexibility index (Phi) is 3.45.